The van der Waals surface area contributed by atoms with Gasteiger partial charge in [-0.25, -0.2) is 0 Å². The maximum absolute atomic E-state index is 6.54. The summed E-state index contributed by atoms with van der Waals surface area (Å²) < 4.78 is 0. The van der Waals surface area contributed by atoms with E-state index in [1.165, 1.54) is 15.4 Å². The van der Waals surface area contributed by atoms with Gasteiger partial charge in [0.05, 0.1) is 6.54 Å². The normalized spacial score (nSPS) is 15.9. The predicted molar refractivity (Wildman–Crippen MR) is 117 cm³/mol. The Morgan fingerprint density at radius 3 is 2.52 bits per heavy atom. The van der Waals surface area contributed by atoms with Crippen LogP contribution in [0.15, 0.2) is 35.3 Å². The first kappa shape index (κ1) is 20.0. The molecular formula is C20H28ClN5S. The van der Waals surface area contributed by atoms with Gasteiger partial charge in [0.25, 0.3) is 0 Å². The molecule has 5 nitrogen and oxygen atoms in total. The van der Waals surface area contributed by atoms with Crippen molar-refractivity contribution in [3.8, 4) is 0 Å². The zero-order chi connectivity index (χ0) is 19.2. The zero-order valence-corrected chi connectivity index (χ0v) is 17.8. The fraction of sp³-hybridized carbons (Fsp3) is 0.450. The van der Waals surface area contributed by atoms with E-state index < -0.39 is 0 Å². The molecule has 1 aliphatic rings. The van der Waals surface area contributed by atoms with Crippen molar-refractivity contribution in [2.24, 2.45) is 4.99 Å². The third kappa shape index (κ3) is 5.37. The summed E-state index contributed by atoms with van der Waals surface area (Å²) in [6.45, 7) is 7.73. The maximum Gasteiger partial charge on any atom is 0.191 e. The Morgan fingerprint density at radius 2 is 1.85 bits per heavy atom. The molecule has 2 N–H and O–H groups in total. The highest BCUT2D eigenvalue weighted by molar-refractivity contribution is 7.11. The average Bonchev–Trinajstić information content (AvgIpc) is 3.08. The van der Waals surface area contributed by atoms with E-state index in [1.54, 1.807) is 18.4 Å². The summed E-state index contributed by atoms with van der Waals surface area (Å²) in [6, 6.07) is 10.5. The molecule has 1 saturated heterocycles. The number of hydrogen-bond donors (Lipinski definition) is 2. The summed E-state index contributed by atoms with van der Waals surface area (Å²) in [5, 5.41) is 7.59. The molecule has 1 aromatic carbocycles. The van der Waals surface area contributed by atoms with E-state index in [4.69, 9.17) is 11.6 Å². The van der Waals surface area contributed by atoms with E-state index in [0.29, 0.717) is 6.54 Å². The number of aliphatic imine (C=N–C) groups is 1. The SMILES string of the molecule is CN=C(NCc1ccc(C)s1)NCc1c(Cl)cccc1N1CCN(C)CC1. The molecule has 0 aliphatic carbocycles. The second-order valence-corrected chi connectivity index (χ2v) is 8.60. The van der Waals surface area contributed by atoms with Gasteiger partial charge >= 0.3 is 0 Å². The Morgan fingerprint density at radius 1 is 1.11 bits per heavy atom. The number of rotatable bonds is 5. The molecule has 0 saturated carbocycles. The largest absolute Gasteiger partial charge is 0.369 e. The van der Waals surface area contributed by atoms with Crippen LogP contribution in [0.2, 0.25) is 5.02 Å². The van der Waals surface area contributed by atoms with Crippen LogP contribution in [0.4, 0.5) is 5.69 Å². The molecule has 27 heavy (non-hydrogen) atoms. The number of guanidine groups is 1. The lowest BCUT2D eigenvalue weighted by Gasteiger charge is -2.35. The van der Waals surface area contributed by atoms with Crippen molar-refractivity contribution in [2.45, 2.75) is 20.0 Å². The topological polar surface area (TPSA) is 42.9 Å². The van der Waals surface area contributed by atoms with Gasteiger partial charge in [-0.05, 0) is 38.2 Å². The number of aryl methyl sites for hydroxylation is 1. The maximum atomic E-state index is 6.54. The molecular weight excluding hydrogens is 378 g/mol. The van der Waals surface area contributed by atoms with Crippen LogP contribution in [0.3, 0.4) is 0 Å². The van der Waals surface area contributed by atoms with Crippen LogP contribution in [0, 0.1) is 6.92 Å². The molecule has 1 aromatic heterocycles. The third-order valence-electron chi connectivity index (χ3n) is 4.82. The Hall–Kier alpha value is -1.76. The standard InChI is InChI=1S/C20H28ClN5S/c1-15-7-8-16(27-15)13-23-20(22-2)24-14-17-18(21)5-4-6-19(17)26-11-9-25(3)10-12-26/h4-8H,9-14H2,1-3H3,(H2,22,23,24). The third-order valence-corrected chi connectivity index (χ3v) is 6.18. The predicted octanol–water partition coefficient (Wildman–Crippen LogP) is 3.33. The van der Waals surface area contributed by atoms with E-state index in [0.717, 1.165) is 49.3 Å². The van der Waals surface area contributed by atoms with Crippen LogP contribution < -0.4 is 15.5 Å². The van der Waals surface area contributed by atoms with Crippen molar-refractivity contribution in [3.05, 3.63) is 50.7 Å². The van der Waals surface area contributed by atoms with E-state index in [-0.39, 0.29) is 0 Å². The van der Waals surface area contributed by atoms with Crippen LogP contribution in [0.5, 0.6) is 0 Å². The second-order valence-electron chi connectivity index (χ2n) is 6.82. The Bertz CT molecular complexity index is 780. The number of halogens is 1. The summed E-state index contributed by atoms with van der Waals surface area (Å²) in [7, 11) is 3.96. The number of nitrogens with zero attached hydrogens (tertiary/aromatic N) is 3. The minimum absolute atomic E-state index is 0.643. The van der Waals surface area contributed by atoms with Gasteiger partial charge in [0.1, 0.15) is 0 Å². The van der Waals surface area contributed by atoms with Crippen LogP contribution in [0.1, 0.15) is 15.3 Å². The monoisotopic (exact) mass is 405 g/mol. The quantitative estimate of drug-likeness (QED) is 0.591. The van der Waals surface area contributed by atoms with Gasteiger partial charge in [0.2, 0.25) is 0 Å². The Labute approximate surface area is 171 Å². The van der Waals surface area contributed by atoms with Crippen molar-refractivity contribution < 1.29 is 0 Å². The molecule has 0 atom stereocenters. The fourth-order valence-corrected chi connectivity index (χ4v) is 4.28. The number of hydrogen-bond acceptors (Lipinski definition) is 4. The van der Waals surface area contributed by atoms with Crippen molar-refractivity contribution in [2.75, 3.05) is 45.2 Å². The van der Waals surface area contributed by atoms with Crippen molar-refractivity contribution >= 4 is 34.6 Å². The summed E-state index contributed by atoms with van der Waals surface area (Å²) >= 11 is 8.35. The first-order chi connectivity index (χ1) is 13.1. The lowest BCUT2D eigenvalue weighted by Crippen LogP contribution is -2.45. The number of likely N-dealkylation sites (N-methyl/N-ethyl adjacent to an activating group) is 1. The molecule has 1 fully saturated rings. The molecule has 0 bridgehead atoms. The highest BCUT2D eigenvalue weighted by Crippen LogP contribution is 2.28. The molecule has 0 unspecified atom stereocenters. The molecule has 0 spiro atoms. The van der Waals surface area contributed by atoms with Gasteiger partial charge in [-0.15, -0.1) is 11.3 Å². The van der Waals surface area contributed by atoms with Crippen molar-refractivity contribution in [1.29, 1.82) is 0 Å². The van der Waals surface area contributed by atoms with Gasteiger partial charge in [-0.1, -0.05) is 17.7 Å². The summed E-state index contributed by atoms with van der Waals surface area (Å²) in [5.41, 5.74) is 2.34. The fourth-order valence-electron chi connectivity index (χ4n) is 3.21. The summed E-state index contributed by atoms with van der Waals surface area (Å²) in [6.07, 6.45) is 0. The van der Waals surface area contributed by atoms with Crippen LogP contribution in [-0.2, 0) is 13.1 Å². The van der Waals surface area contributed by atoms with Crippen molar-refractivity contribution in [1.82, 2.24) is 15.5 Å². The Kier molecular flexibility index (Phi) is 6.99. The van der Waals surface area contributed by atoms with Gasteiger partial charge in [-0.2, -0.15) is 0 Å². The van der Waals surface area contributed by atoms with Gasteiger partial charge in [0, 0.05) is 65.8 Å². The molecule has 2 aromatic rings. The number of benzene rings is 1. The zero-order valence-electron chi connectivity index (χ0n) is 16.3. The van der Waals surface area contributed by atoms with E-state index in [9.17, 15) is 0 Å². The molecule has 0 radical (unpaired) electrons. The second kappa shape index (κ2) is 9.44. The van der Waals surface area contributed by atoms with E-state index in [1.807, 2.05) is 12.1 Å². The lowest BCUT2D eigenvalue weighted by molar-refractivity contribution is 0.312. The first-order valence-electron chi connectivity index (χ1n) is 9.27. The molecule has 1 aliphatic heterocycles. The van der Waals surface area contributed by atoms with Gasteiger partial charge in [-0.3, -0.25) is 4.99 Å². The van der Waals surface area contributed by atoms with Crippen LogP contribution >= 0.6 is 22.9 Å². The minimum atomic E-state index is 0.643. The minimum Gasteiger partial charge on any atom is -0.369 e. The lowest BCUT2D eigenvalue weighted by atomic mass is 10.1. The molecule has 146 valence electrons. The summed E-state index contributed by atoms with van der Waals surface area (Å²) in [5.74, 6) is 0.783. The smallest absolute Gasteiger partial charge is 0.191 e. The molecule has 7 heteroatoms. The Balaban J connectivity index is 1.64. The first-order valence-corrected chi connectivity index (χ1v) is 10.5. The van der Waals surface area contributed by atoms with Crippen LogP contribution in [0.25, 0.3) is 0 Å². The van der Waals surface area contributed by atoms with E-state index >= 15 is 0 Å². The number of piperazine rings is 1. The number of anilines is 1. The number of thiophene rings is 1. The highest BCUT2D eigenvalue weighted by atomic mass is 35.5. The molecule has 2 heterocycles. The highest BCUT2D eigenvalue weighted by Gasteiger charge is 2.18. The number of nitrogens with one attached hydrogen (secondary N) is 2. The van der Waals surface area contributed by atoms with Gasteiger partial charge in [0.15, 0.2) is 5.96 Å². The van der Waals surface area contributed by atoms with Crippen LogP contribution in [-0.4, -0.2) is 51.1 Å². The average molecular weight is 406 g/mol. The van der Waals surface area contributed by atoms with Gasteiger partial charge < -0.3 is 20.4 Å². The summed E-state index contributed by atoms with van der Waals surface area (Å²) in [4.78, 5) is 11.7. The molecule has 0 amide bonds. The van der Waals surface area contributed by atoms with E-state index in [2.05, 4.69) is 57.6 Å². The van der Waals surface area contributed by atoms with Crippen molar-refractivity contribution in [3.63, 3.8) is 0 Å². The molecule has 3 rings (SSSR count).